The Morgan fingerprint density at radius 3 is 2.38 bits per heavy atom. The van der Waals surface area contributed by atoms with E-state index in [1.54, 1.807) is 29.3 Å². The molecule has 3 aromatic rings. The lowest BCUT2D eigenvalue weighted by atomic mass is 10.0. The number of carbonyl (C=O) groups excluding carboxylic acids is 1. The van der Waals surface area contributed by atoms with Crippen LogP contribution in [0.25, 0.3) is 0 Å². The molecule has 3 heterocycles. The zero-order valence-electron chi connectivity index (χ0n) is 19.1. The van der Waals surface area contributed by atoms with Crippen LogP contribution >= 0.6 is 0 Å². The third-order valence-corrected chi connectivity index (χ3v) is 6.59. The molecule has 1 fully saturated rings. The number of aryl methyl sites for hydroxylation is 1. The zero-order valence-corrected chi connectivity index (χ0v) is 19.1. The van der Waals surface area contributed by atoms with Crippen LogP contribution in [0.1, 0.15) is 23.7 Å². The van der Waals surface area contributed by atoms with Crippen LogP contribution in [0.4, 0.5) is 14.5 Å². The van der Waals surface area contributed by atoms with Crippen molar-refractivity contribution in [3.05, 3.63) is 89.8 Å². The fourth-order valence-corrected chi connectivity index (χ4v) is 4.73. The molecule has 0 radical (unpaired) electrons. The molecular weight excluding hydrogens is 436 g/mol. The molecule has 0 bridgehead atoms. The number of hydrogen-bond acceptors (Lipinski definition) is 4. The predicted octanol–water partition coefficient (Wildman–Crippen LogP) is 3.80. The smallest absolute Gasteiger partial charge is 0.257 e. The van der Waals surface area contributed by atoms with Crippen molar-refractivity contribution in [1.29, 1.82) is 0 Å². The topological polar surface area (TPSA) is 44.1 Å². The van der Waals surface area contributed by atoms with Gasteiger partial charge in [-0.05, 0) is 42.0 Å². The molecule has 2 aromatic carbocycles. The number of nitrogens with zero attached hydrogens (tertiary/aromatic N) is 5. The van der Waals surface area contributed by atoms with E-state index in [0.29, 0.717) is 38.3 Å². The Hall–Kier alpha value is -3.52. The first kappa shape index (κ1) is 22.3. The molecule has 176 valence electrons. The summed E-state index contributed by atoms with van der Waals surface area (Å²) in [5.41, 5.74) is 3.18. The molecule has 0 N–H and O–H groups in total. The van der Waals surface area contributed by atoms with Crippen molar-refractivity contribution in [3.63, 3.8) is 0 Å². The Bertz CT molecular complexity index is 1200. The molecule has 0 spiro atoms. The summed E-state index contributed by atoms with van der Waals surface area (Å²) in [5.74, 6) is -0.608. The Morgan fingerprint density at radius 1 is 0.971 bits per heavy atom. The summed E-state index contributed by atoms with van der Waals surface area (Å²) < 4.78 is 29.6. The largest absolute Gasteiger partial charge is 0.367 e. The van der Waals surface area contributed by atoms with Crippen LogP contribution in [0.5, 0.6) is 0 Å². The van der Waals surface area contributed by atoms with Crippen LogP contribution < -0.4 is 4.90 Å². The SMILES string of the molecule is Cn1cccc1[C@@H]1CC(c2ccc(F)cc2)=NN1C(=O)CN1CCN(c2ccccc2F)CC1. The van der Waals surface area contributed by atoms with Gasteiger partial charge in [0.15, 0.2) is 0 Å². The van der Waals surface area contributed by atoms with Crippen molar-refractivity contribution < 1.29 is 13.6 Å². The number of halogens is 2. The van der Waals surface area contributed by atoms with Crippen LogP contribution in [0, 0.1) is 11.6 Å². The molecule has 2 aliphatic heterocycles. The van der Waals surface area contributed by atoms with E-state index in [9.17, 15) is 13.6 Å². The van der Waals surface area contributed by atoms with Crippen LogP contribution in [-0.4, -0.2) is 58.8 Å². The van der Waals surface area contributed by atoms with E-state index in [4.69, 9.17) is 0 Å². The molecule has 0 saturated carbocycles. The fourth-order valence-electron chi connectivity index (χ4n) is 4.73. The van der Waals surface area contributed by atoms with Gasteiger partial charge >= 0.3 is 0 Å². The normalized spacial score (nSPS) is 18.9. The number of rotatable bonds is 5. The molecule has 34 heavy (non-hydrogen) atoms. The van der Waals surface area contributed by atoms with Gasteiger partial charge in [0.05, 0.1) is 17.9 Å². The average Bonchev–Trinajstić information content (AvgIpc) is 3.47. The van der Waals surface area contributed by atoms with Crippen molar-refractivity contribution in [1.82, 2.24) is 14.5 Å². The molecule has 1 amide bonds. The molecule has 8 heteroatoms. The van der Waals surface area contributed by atoms with Crippen molar-refractivity contribution in [2.75, 3.05) is 37.6 Å². The molecule has 0 unspecified atom stereocenters. The number of benzene rings is 2. The van der Waals surface area contributed by atoms with E-state index >= 15 is 0 Å². The molecule has 1 atom stereocenters. The van der Waals surface area contributed by atoms with Crippen molar-refractivity contribution in [2.24, 2.45) is 12.1 Å². The number of para-hydroxylation sites is 1. The lowest BCUT2D eigenvalue weighted by molar-refractivity contribution is -0.134. The van der Waals surface area contributed by atoms with Gasteiger partial charge in [-0.15, -0.1) is 0 Å². The van der Waals surface area contributed by atoms with E-state index in [1.165, 1.54) is 18.2 Å². The first-order valence-electron chi connectivity index (χ1n) is 11.5. The lowest BCUT2D eigenvalue weighted by Crippen LogP contribution is -2.49. The summed E-state index contributed by atoms with van der Waals surface area (Å²) in [7, 11) is 1.95. The number of hydrogen-bond donors (Lipinski definition) is 0. The molecular formula is C26H27F2N5O. The van der Waals surface area contributed by atoms with E-state index < -0.39 is 0 Å². The van der Waals surface area contributed by atoms with Crippen LogP contribution in [0.15, 0.2) is 72.0 Å². The van der Waals surface area contributed by atoms with Crippen molar-refractivity contribution in [3.8, 4) is 0 Å². The Morgan fingerprint density at radius 2 is 1.71 bits per heavy atom. The van der Waals surface area contributed by atoms with Gasteiger partial charge in [-0.2, -0.15) is 5.10 Å². The summed E-state index contributed by atoms with van der Waals surface area (Å²) in [4.78, 5) is 17.5. The Kier molecular flexibility index (Phi) is 6.15. The van der Waals surface area contributed by atoms with Crippen molar-refractivity contribution in [2.45, 2.75) is 12.5 Å². The number of amides is 1. The Balaban J connectivity index is 1.30. The van der Waals surface area contributed by atoms with Gasteiger partial charge in [0.25, 0.3) is 5.91 Å². The second-order valence-electron chi connectivity index (χ2n) is 8.77. The number of hydrazone groups is 1. The number of piperazine rings is 1. The minimum atomic E-state index is -0.302. The fraction of sp³-hybridized carbons (Fsp3) is 0.308. The van der Waals surface area contributed by atoms with E-state index in [0.717, 1.165) is 17.0 Å². The van der Waals surface area contributed by atoms with Gasteiger partial charge in [-0.1, -0.05) is 24.3 Å². The highest BCUT2D eigenvalue weighted by atomic mass is 19.1. The number of anilines is 1. The molecule has 5 rings (SSSR count). The highest BCUT2D eigenvalue weighted by Gasteiger charge is 2.35. The average molecular weight is 464 g/mol. The first-order valence-corrected chi connectivity index (χ1v) is 11.5. The number of carbonyl (C=O) groups is 1. The second-order valence-corrected chi connectivity index (χ2v) is 8.77. The molecule has 2 aliphatic rings. The second kappa shape index (κ2) is 9.38. The maximum Gasteiger partial charge on any atom is 0.257 e. The predicted molar refractivity (Wildman–Crippen MR) is 128 cm³/mol. The minimum absolute atomic E-state index is 0.0809. The standard InChI is InChI=1S/C26H27F2N5O/c1-30-12-4-7-24(30)25-17-22(19-8-10-20(27)11-9-19)29-33(25)26(34)18-31-13-15-32(16-14-31)23-6-3-2-5-21(23)28/h2-12,25H,13-18H2,1H3/t25-/m0/s1. The maximum absolute atomic E-state index is 14.1. The summed E-state index contributed by atoms with van der Waals surface area (Å²) in [6.07, 6.45) is 2.52. The van der Waals surface area contributed by atoms with Gasteiger partial charge in [0, 0.05) is 51.5 Å². The minimum Gasteiger partial charge on any atom is -0.367 e. The Labute approximate surface area is 197 Å². The summed E-state index contributed by atoms with van der Waals surface area (Å²) in [6, 6.07) is 16.7. The molecule has 1 saturated heterocycles. The molecule has 6 nitrogen and oxygen atoms in total. The van der Waals surface area contributed by atoms with Gasteiger partial charge in [-0.3, -0.25) is 9.69 Å². The van der Waals surface area contributed by atoms with E-state index in [-0.39, 0.29) is 30.1 Å². The van der Waals surface area contributed by atoms with Crippen molar-refractivity contribution >= 4 is 17.3 Å². The van der Waals surface area contributed by atoms with Gasteiger partial charge in [0.2, 0.25) is 0 Å². The van der Waals surface area contributed by atoms with E-state index in [1.807, 2.05) is 40.9 Å². The zero-order chi connectivity index (χ0) is 23.7. The van der Waals surface area contributed by atoms with Gasteiger partial charge in [0.1, 0.15) is 17.7 Å². The molecule has 0 aliphatic carbocycles. The third-order valence-electron chi connectivity index (χ3n) is 6.59. The maximum atomic E-state index is 14.1. The van der Waals surface area contributed by atoms with Crippen LogP contribution in [0.3, 0.4) is 0 Å². The van der Waals surface area contributed by atoms with Gasteiger partial charge in [-0.25, -0.2) is 13.8 Å². The lowest BCUT2D eigenvalue weighted by Gasteiger charge is -2.36. The monoisotopic (exact) mass is 463 g/mol. The van der Waals surface area contributed by atoms with Crippen LogP contribution in [-0.2, 0) is 11.8 Å². The number of aromatic nitrogens is 1. The quantitative estimate of drug-likeness (QED) is 0.578. The highest BCUT2D eigenvalue weighted by molar-refractivity contribution is 6.03. The van der Waals surface area contributed by atoms with Gasteiger partial charge < -0.3 is 9.47 Å². The highest BCUT2D eigenvalue weighted by Crippen LogP contribution is 2.33. The first-order chi connectivity index (χ1) is 16.5. The molecule has 1 aromatic heterocycles. The van der Waals surface area contributed by atoms with Crippen LogP contribution in [0.2, 0.25) is 0 Å². The summed E-state index contributed by atoms with van der Waals surface area (Å²) in [6.45, 7) is 2.87. The van der Waals surface area contributed by atoms with E-state index in [2.05, 4.69) is 10.0 Å². The summed E-state index contributed by atoms with van der Waals surface area (Å²) in [5, 5.41) is 6.26. The third kappa shape index (κ3) is 4.46. The summed E-state index contributed by atoms with van der Waals surface area (Å²) >= 11 is 0.